The van der Waals surface area contributed by atoms with Crippen LogP contribution in [0.15, 0.2) is 36.4 Å². The van der Waals surface area contributed by atoms with E-state index >= 15 is 0 Å². The zero-order valence-corrected chi connectivity index (χ0v) is 12.6. The number of hydrogen-bond donors (Lipinski definition) is 1. The average Bonchev–Trinajstić information content (AvgIpc) is 2.43. The molecular weight excluding hydrogens is 291 g/mol. The molecule has 2 N–H and O–H groups in total. The van der Waals surface area contributed by atoms with E-state index in [0.29, 0.717) is 10.0 Å². The number of nitrogens with zero attached hydrogens (tertiary/aromatic N) is 1. The molecule has 2 nitrogen and oxygen atoms in total. The molecular formula is C16H16Cl2N2. The van der Waals surface area contributed by atoms with E-state index in [4.69, 9.17) is 28.9 Å². The van der Waals surface area contributed by atoms with Gasteiger partial charge in [0.2, 0.25) is 0 Å². The Balaban J connectivity index is 1.87. The Morgan fingerprint density at radius 1 is 1.05 bits per heavy atom. The van der Waals surface area contributed by atoms with E-state index in [1.54, 1.807) is 0 Å². The molecule has 0 fully saturated rings. The monoisotopic (exact) mass is 306 g/mol. The van der Waals surface area contributed by atoms with Crippen LogP contribution in [0, 0.1) is 0 Å². The lowest BCUT2D eigenvalue weighted by molar-refractivity contribution is 0.691. The summed E-state index contributed by atoms with van der Waals surface area (Å²) in [6.07, 6.45) is 2.25. The molecule has 0 aliphatic carbocycles. The van der Waals surface area contributed by atoms with Gasteiger partial charge in [-0.05, 0) is 54.3 Å². The standard InChI is InChI=1S/C16H16Cl2N2/c17-14-5-3-11(8-15(14)18)10-20-7-1-2-12-9-13(19)4-6-16(12)20/h3-6,8-9H,1-2,7,10,19H2. The van der Waals surface area contributed by atoms with E-state index in [1.807, 2.05) is 24.3 Å². The molecule has 0 atom stereocenters. The average molecular weight is 307 g/mol. The fourth-order valence-corrected chi connectivity index (χ4v) is 3.04. The molecule has 2 aromatic carbocycles. The van der Waals surface area contributed by atoms with Crippen molar-refractivity contribution in [1.82, 2.24) is 0 Å². The van der Waals surface area contributed by atoms with Gasteiger partial charge in [-0.3, -0.25) is 0 Å². The van der Waals surface area contributed by atoms with E-state index in [0.717, 1.165) is 31.6 Å². The van der Waals surface area contributed by atoms with E-state index in [-0.39, 0.29) is 0 Å². The number of rotatable bonds is 2. The molecule has 0 bridgehead atoms. The van der Waals surface area contributed by atoms with Crippen LogP contribution in [-0.2, 0) is 13.0 Å². The van der Waals surface area contributed by atoms with Crippen molar-refractivity contribution in [2.24, 2.45) is 0 Å². The number of anilines is 2. The molecule has 3 rings (SSSR count). The minimum Gasteiger partial charge on any atom is -0.399 e. The molecule has 1 heterocycles. The Labute approximate surface area is 129 Å². The number of nitrogens with two attached hydrogens (primary N) is 1. The van der Waals surface area contributed by atoms with Crippen LogP contribution >= 0.6 is 23.2 Å². The van der Waals surface area contributed by atoms with Gasteiger partial charge in [0.25, 0.3) is 0 Å². The number of fused-ring (bicyclic) bond motifs is 1. The predicted octanol–water partition coefficient (Wildman–Crippen LogP) is 4.53. The van der Waals surface area contributed by atoms with Crippen molar-refractivity contribution in [3.63, 3.8) is 0 Å². The molecule has 2 aromatic rings. The highest BCUT2D eigenvalue weighted by Gasteiger charge is 2.17. The normalized spacial score (nSPS) is 14.2. The number of hydrogen-bond acceptors (Lipinski definition) is 2. The first-order chi connectivity index (χ1) is 9.63. The molecule has 0 unspecified atom stereocenters. The Bertz CT molecular complexity index is 640. The second-order valence-electron chi connectivity index (χ2n) is 5.16. The van der Waals surface area contributed by atoms with Gasteiger partial charge in [-0.15, -0.1) is 0 Å². The van der Waals surface area contributed by atoms with E-state index < -0.39 is 0 Å². The summed E-state index contributed by atoms with van der Waals surface area (Å²) in [6, 6.07) is 12.0. The Morgan fingerprint density at radius 2 is 1.90 bits per heavy atom. The van der Waals surface area contributed by atoms with Crippen LogP contribution in [0.1, 0.15) is 17.5 Å². The van der Waals surface area contributed by atoms with Crippen LogP contribution in [0.5, 0.6) is 0 Å². The lowest BCUT2D eigenvalue weighted by atomic mass is 10.0. The third-order valence-electron chi connectivity index (χ3n) is 3.68. The maximum absolute atomic E-state index is 6.09. The topological polar surface area (TPSA) is 29.3 Å². The summed E-state index contributed by atoms with van der Waals surface area (Å²) in [5, 5.41) is 1.21. The Morgan fingerprint density at radius 3 is 2.70 bits per heavy atom. The SMILES string of the molecule is Nc1ccc2c(c1)CCCN2Cc1ccc(Cl)c(Cl)c1. The summed E-state index contributed by atoms with van der Waals surface area (Å²) in [5.41, 5.74) is 10.5. The first-order valence-corrected chi connectivity index (χ1v) is 7.46. The lowest BCUT2D eigenvalue weighted by Crippen LogP contribution is -2.28. The first kappa shape index (κ1) is 13.6. The van der Waals surface area contributed by atoms with Crippen molar-refractivity contribution in [3.05, 3.63) is 57.6 Å². The zero-order chi connectivity index (χ0) is 14.1. The molecule has 1 aliphatic rings. The zero-order valence-electron chi connectivity index (χ0n) is 11.1. The van der Waals surface area contributed by atoms with Crippen LogP contribution < -0.4 is 10.6 Å². The summed E-state index contributed by atoms with van der Waals surface area (Å²) >= 11 is 12.0. The van der Waals surface area contributed by atoms with E-state index in [1.165, 1.54) is 16.8 Å². The fraction of sp³-hybridized carbons (Fsp3) is 0.250. The van der Waals surface area contributed by atoms with Gasteiger partial charge in [0.05, 0.1) is 10.0 Å². The van der Waals surface area contributed by atoms with Crippen molar-refractivity contribution in [1.29, 1.82) is 0 Å². The molecule has 0 spiro atoms. The van der Waals surface area contributed by atoms with Crippen LogP contribution in [-0.4, -0.2) is 6.54 Å². The van der Waals surface area contributed by atoms with E-state index in [9.17, 15) is 0 Å². The summed E-state index contributed by atoms with van der Waals surface area (Å²) in [5.74, 6) is 0. The smallest absolute Gasteiger partial charge is 0.0595 e. The van der Waals surface area contributed by atoms with Crippen molar-refractivity contribution in [3.8, 4) is 0 Å². The molecule has 104 valence electrons. The summed E-state index contributed by atoms with van der Waals surface area (Å²) in [6.45, 7) is 1.89. The third kappa shape index (κ3) is 2.72. The summed E-state index contributed by atoms with van der Waals surface area (Å²) in [4.78, 5) is 2.37. The first-order valence-electron chi connectivity index (χ1n) is 6.71. The molecule has 0 saturated heterocycles. The molecule has 0 aromatic heterocycles. The van der Waals surface area contributed by atoms with Gasteiger partial charge in [-0.25, -0.2) is 0 Å². The quantitative estimate of drug-likeness (QED) is 0.826. The van der Waals surface area contributed by atoms with Crippen LogP contribution in [0.4, 0.5) is 11.4 Å². The molecule has 0 amide bonds. The second-order valence-corrected chi connectivity index (χ2v) is 5.98. The van der Waals surface area contributed by atoms with Crippen LogP contribution in [0.2, 0.25) is 10.0 Å². The number of benzene rings is 2. The van der Waals surface area contributed by atoms with Crippen molar-refractivity contribution in [2.45, 2.75) is 19.4 Å². The highest BCUT2D eigenvalue weighted by atomic mass is 35.5. The van der Waals surface area contributed by atoms with Gasteiger partial charge in [-0.2, -0.15) is 0 Å². The summed E-state index contributed by atoms with van der Waals surface area (Å²) < 4.78 is 0. The highest BCUT2D eigenvalue weighted by Crippen LogP contribution is 2.31. The van der Waals surface area contributed by atoms with Gasteiger partial charge >= 0.3 is 0 Å². The van der Waals surface area contributed by atoms with Gasteiger partial charge < -0.3 is 10.6 Å². The van der Waals surface area contributed by atoms with Crippen LogP contribution in [0.25, 0.3) is 0 Å². The van der Waals surface area contributed by atoms with Gasteiger partial charge in [0.1, 0.15) is 0 Å². The molecule has 20 heavy (non-hydrogen) atoms. The Kier molecular flexibility index (Phi) is 3.77. The molecule has 0 saturated carbocycles. The maximum Gasteiger partial charge on any atom is 0.0595 e. The maximum atomic E-state index is 6.09. The largest absolute Gasteiger partial charge is 0.399 e. The summed E-state index contributed by atoms with van der Waals surface area (Å²) in [7, 11) is 0. The van der Waals surface area contributed by atoms with Crippen molar-refractivity contribution >= 4 is 34.6 Å². The molecule has 0 radical (unpaired) electrons. The van der Waals surface area contributed by atoms with Crippen LogP contribution in [0.3, 0.4) is 0 Å². The van der Waals surface area contributed by atoms with Gasteiger partial charge in [0, 0.05) is 24.5 Å². The van der Waals surface area contributed by atoms with Crippen molar-refractivity contribution < 1.29 is 0 Å². The molecule has 4 heteroatoms. The fourth-order valence-electron chi connectivity index (χ4n) is 2.72. The number of nitrogen functional groups attached to an aromatic ring is 1. The molecule has 1 aliphatic heterocycles. The minimum atomic E-state index is 0.599. The number of halogens is 2. The lowest BCUT2D eigenvalue weighted by Gasteiger charge is -2.31. The van der Waals surface area contributed by atoms with E-state index in [2.05, 4.69) is 17.0 Å². The predicted molar refractivity (Wildman–Crippen MR) is 86.7 cm³/mol. The highest BCUT2D eigenvalue weighted by molar-refractivity contribution is 6.42. The third-order valence-corrected chi connectivity index (χ3v) is 4.41. The van der Waals surface area contributed by atoms with Gasteiger partial charge in [-0.1, -0.05) is 29.3 Å². The van der Waals surface area contributed by atoms with Crippen molar-refractivity contribution in [2.75, 3.05) is 17.2 Å². The number of aryl methyl sites for hydroxylation is 1. The van der Waals surface area contributed by atoms with Gasteiger partial charge in [0.15, 0.2) is 0 Å². The Hall–Kier alpha value is -1.38. The second kappa shape index (κ2) is 5.55. The minimum absolute atomic E-state index is 0.599.